The topological polar surface area (TPSA) is 12.0 Å². The Kier molecular flexibility index (Phi) is 4.32. The van der Waals surface area contributed by atoms with E-state index in [9.17, 15) is 0 Å². The Morgan fingerprint density at radius 3 is 2.50 bits per heavy atom. The molecule has 1 unspecified atom stereocenters. The summed E-state index contributed by atoms with van der Waals surface area (Å²) in [4.78, 5) is 2.45. The lowest BCUT2D eigenvalue weighted by molar-refractivity contribution is 0.993. The van der Waals surface area contributed by atoms with Crippen molar-refractivity contribution in [3.8, 4) is 0 Å². The van der Waals surface area contributed by atoms with E-state index in [0.717, 1.165) is 15.0 Å². The number of hydrogen-bond donors (Lipinski definition) is 1. The molecule has 0 saturated carbocycles. The number of hydrogen-bond acceptors (Lipinski definition) is 3. The summed E-state index contributed by atoms with van der Waals surface area (Å²) < 4.78 is 0.800. The van der Waals surface area contributed by atoms with Crippen molar-refractivity contribution in [1.29, 1.82) is 0 Å². The first-order valence-corrected chi connectivity index (χ1v) is 8.48. The molecule has 0 fully saturated rings. The van der Waals surface area contributed by atoms with Gasteiger partial charge in [-0.3, -0.25) is 0 Å². The van der Waals surface area contributed by atoms with Crippen molar-refractivity contribution in [2.75, 3.05) is 5.32 Å². The molecule has 0 saturated heterocycles. The van der Waals surface area contributed by atoms with E-state index in [1.54, 1.807) is 22.7 Å². The van der Waals surface area contributed by atoms with E-state index >= 15 is 0 Å². The van der Waals surface area contributed by atoms with Gasteiger partial charge in [-0.1, -0.05) is 35.3 Å². The van der Waals surface area contributed by atoms with Crippen molar-refractivity contribution in [3.63, 3.8) is 0 Å². The summed E-state index contributed by atoms with van der Waals surface area (Å²) >= 11 is 15.4. The molecule has 2 heterocycles. The predicted octanol–water partition coefficient (Wildman–Crippen LogP) is 6.32. The Labute approximate surface area is 135 Å². The normalized spacial score (nSPS) is 12.3. The number of halogens is 2. The minimum Gasteiger partial charge on any atom is -0.373 e. The second-order valence-corrected chi connectivity index (χ2v) is 7.41. The minimum atomic E-state index is 0.103. The first-order valence-electron chi connectivity index (χ1n) is 6.03. The van der Waals surface area contributed by atoms with Gasteiger partial charge in [0.05, 0.1) is 10.4 Å². The van der Waals surface area contributed by atoms with Crippen molar-refractivity contribution < 1.29 is 0 Å². The maximum atomic E-state index is 6.07. The second kappa shape index (κ2) is 6.19. The zero-order valence-electron chi connectivity index (χ0n) is 10.3. The van der Waals surface area contributed by atoms with Gasteiger partial charge < -0.3 is 5.32 Å². The first kappa shape index (κ1) is 14.0. The molecule has 0 amide bonds. The van der Waals surface area contributed by atoms with Gasteiger partial charge in [0.25, 0.3) is 0 Å². The molecule has 0 aliphatic heterocycles. The molecule has 1 atom stereocenters. The number of thiophene rings is 2. The molecule has 3 aromatic rings. The average molecular weight is 340 g/mol. The number of rotatable bonds is 4. The van der Waals surface area contributed by atoms with Crippen LogP contribution in [-0.4, -0.2) is 0 Å². The molecular formula is C15H11Cl2NS2. The van der Waals surface area contributed by atoms with E-state index in [0.29, 0.717) is 0 Å². The Balaban J connectivity index is 1.94. The fraction of sp³-hybridized carbons (Fsp3) is 0.0667. The van der Waals surface area contributed by atoms with Crippen LogP contribution in [0.3, 0.4) is 0 Å². The lowest BCUT2D eigenvalue weighted by Crippen LogP contribution is -2.09. The van der Waals surface area contributed by atoms with Gasteiger partial charge in [0.1, 0.15) is 0 Å². The number of anilines is 1. The maximum absolute atomic E-state index is 6.07. The van der Waals surface area contributed by atoms with Crippen LogP contribution in [0.5, 0.6) is 0 Å². The van der Waals surface area contributed by atoms with E-state index in [-0.39, 0.29) is 6.04 Å². The van der Waals surface area contributed by atoms with Crippen LogP contribution in [-0.2, 0) is 0 Å². The highest BCUT2D eigenvalue weighted by atomic mass is 35.5. The third kappa shape index (κ3) is 3.18. The van der Waals surface area contributed by atoms with E-state index in [1.807, 2.05) is 30.3 Å². The van der Waals surface area contributed by atoms with Crippen LogP contribution in [0, 0.1) is 0 Å². The summed E-state index contributed by atoms with van der Waals surface area (Å²) in [6, 6.07) is 16.0. The van der Waals surface area contributed by atoms with E-state index < -0.39 is 0 Å². The SMILES string of the molecule is Clc1cccc(NC(c2cccs2)c2ccc(Cl)s2)c1. The van der Waals surface area contributed by atoms with Crippen molar-refractivity contribution in [2.24, 2.45) is 0 Å². The number of benzene rings is 1. The summed E-state index contributed by atoms with van der Waals surface area (Å²) in [5.74, 6) is 0. The molecule has 0 spiro atoms. The Hall–Kier alpha value is -1.000. The zero-order valence-corrected chi connectivity index (χ0v) is 13.5. The molecule has 1 N–H and O–H groups in total. The lowest BCUT2D eigenvalue weighted by Gasteiger charge is -2.17. The van der Waals surface area contributed by atoms with E-state index in [4.69, 9.17) is 23.2 Å². The first-order chi connectivity index (χ1) is 9.72. The fourth-order valence-electron chi connectivity index (χ4n) is 1.97. The molecule has 3 rings (SSSR count). The highest BCUT2D eigenvalue weighted by molar-refractivity contribution is 7.16. The molecule has 0 aliphatic carbocycles. The van der Waals surface area contributed by atoms with Crippen molar-refractivity contribution in [3.05, 3.63) is 73.0 Å². The van der Waals surface area contributed by atoms with Crippen molar-refractivity contribution in [2.45, 2.75) is 6.04 Å². The van der Waals surface area contributed by atoms with Crippen LogP contribution in [0.4, 0.5) is 5.69 Å². The van der Waals surface area contributed by atoms with Crippen LogP contribution in [0.25, 0.3) is 0 Å². The smallest absolute Gasteiger partial charge is 0.0954 e. The monoisotopic (exact) mass is 339 g/mol. The Bertz CT molecular complexity index is 691. The van der Waals surface area contributed by atoms with Crippen LogP contribution in [0.15, 0.2) is 53.9 Å². The summed E-state index contributed by atoms with van der Waals surface area (Å²) in [5.41, 5.74) is 1.00. The minimum absolute atomic E-state index is 0.103. The summed E-state index contributed by atoms with van der Waals surface area (Å²) in [5, 5.41) is 6.34. The largest absolute Gasteiger partial charge is 0.373 e. The molecule has 1 aromatic carbocycles. The molecule has 0 radical (unpaired) electrons. The predicted molar refractivity (Wildman–Crippen MR) is 90.6 cm³/mol. The standard InChI is InChI=1S/C15H11Cl2NS2/c16-10-3-1-4-11(9-10)18-15(12-5-2-8-19-12)13-6-7-14(17)20-13/h1-9,15,18H. The van der Waals surface area contributed by atoms with Gasteiger partial charge >= 0.3 is 0 Å². The van der Waals surface area contributed by atoms with Gasteiger partial charge in [-0.2, -0.15) is 0 Å². The summed E-state index contributed by atoms with van der Waals surface area (Å²) in [7, 11) is 0. The second-order valence-electron chi connectivity index (χ2n) is 4.24. The zero-order chi connectivity index (χ0) is 13.9. The third-order valence-electron chi connectivity index (χ3n) is 2.84. The van der Waals surface area contributed by atoms with Crippen LogP contribution in [0.1, 0.15) is 15.8 Å². The van der Waals surface area contributed by atoms with E-state index in [2.05, 4.69) is 28.9 Å². The molecule has 0 bridgehead atoms. The van der Waals surface area contributed by atoms with Gasteiger partial charge in [-0.15, -0.1) is 22.7 Å². The Morgan fingerprint density at radius 2 is 1.85 bits per heavy atom. The van der Waals surface area contributed by atoms with Gasteiger partial charge in [0.15, 0.2) is 0 Å². The number of nitrogens with one attached hydrogen (secondary N) is 1. The molecular weight excluding hydrogens is 329 g/mol. The molecule has 2 aromatic heterocycles. The quantitative estimate of drug-likeness (QED) is 0.586. The summed E-state index contributed by atoms with van der Waals surface area (Å²) in [6.45, 7) is 0. The van der Waals surface area contributed by atoms with Crippen molar-refractivity contribution >= 4 is 51.6 Å². The fourth-order valence-corrected chi connectivity index (χ4v) is 4.16. The van der Waals surface area contributed by atoms with E-state index in [1.165, 1.54) is 9.75 Å². The average Bonchev–Trinajstić information content (AvgIpc) is 3.07. The van der Waals surface area contributed by atoms with Crippen LogP contribution in [0.2, 0.25) is 9.36 Å². The Morgan fingerprint density at radius 1 is 0.950 bits per heavy atom. The van der Waals surface area contributed by atoms with Crippen LogP contribution < -0.4 is 5.32 Å². The van der Waals surface area contributed by atoms with Crippen LogP contribution >= 0.6 is 45.9 Å². The highest BCUT2D eigenvalue weighted by Gasteiger charge is 2.17. The molecule has 1 nitrogen and oxygen atoms in total. The van der Waals surface area contributed by atoms with Crippen molar-refractivity contribution in [1.82, 2.24) is 0 Å². The van der Waals surface area contributed by atoms with Gasteiger partial charge in [-0.05, 0) is 41.8 Å². The molecule has 0 aliphatic rings. The molecule has 102 valence electrons. The summed E-state index contributed by atoms with van der Waals surface area (Å²) in [6.07, 6.45) is 0. The highest BCUT2D eigenvalue weighted by Crippen LogP contribution is 2.35. The van der Waals surface area contributed by atoms with Gasteiger partial charge in [0.2, 0.25) is 0 Å². The lowest BCUT2D eigenvalue weighted by atomic mass is 10.2. The molecule has 20 heavy (non-hydrogen) atoms. The molecule has 5 heteroatoms. The van der Waals surface area contributed by atoms with Gasteiger partial charge in [0, 0.05) is 20.5 Å². The van der Waals surface area contributed by atoms with Gasteiger partial charge in [-0.25, -0.2) is 0 Å². The third-order valence-corrected chi connectivity index (χ3v) is 5.31. The maximum Gasteiger partial charge on any atom is 0.0954 e.